The molecule has 2 aromatic carbocycles. The highest BCUT2D eigenvalue weighted by atomic mass is 35.5. The summed E-state index contributed by atoms with van der Waals surface area (Å²) in [5.74, 6) is 0.639. The van der Waals surface area contributed by atoms with Gasteiger partial charge in [-0.2, -0.15) is 0 Å². The quantitative estimate of drug-likeness (QED) is 0.761. The number of rotatable bonds is 4. The van der Waals surface area contributed by atoms with Crippen molar-refractivity contribution in [2.45, 2.75) is 26.8 Å². The predicted octanol–water partition coefficient (Wildman–Crippen LogP) is 5.01. The third-order valence-corrected chi connectivity index (χ3v) is 4.16. The van der Waals surface area contributed by atoms with Gasteiger partial charge in [0.1, 0.15) is 5.75 Å². The summed E-state index contributed by atoms with van der Waals surface area (Å²) in [5.41, 5.74) is 4.56. The lowest BCUT2D eigenvalue weighted by Crippen LogP contribution is -2.31. The number of ether oxygens (including phenoxy) is 1. The van der Waals surface area contributed by atoms with Crippen LogP contribution < -0.4 is 15.4 Å². The van der Waals surface area contributed by atoms with Crippen LogP contribution in [-0.4, -0.2) is 12.2 Å². The Bertz CT molecular complexity index is 718. The number of hydrogen-bond donors (Lipinski definition) is 2. The monoisotopic (exact) mass is 348 g/mol. The molecule has 2 rings (SSSR count). The second kappa shape index (κ2) is 7.66. The van der Waals surface area contributed by atoms with E-state index in [0.717, 1.165) is 5.69 Å². The van der Waals surface area contributed by atoms with Crippen LogP contribution in [0.2, 0.25) is 5.02 Å². The fourth-order valence-corrected chi connectivity index (χ4v) is 3.05. The molecule has 0 spiro atoms. The normalized spacial score (nSPS) is 11.7. The molecule has 0 bridgehead atoms. The molecule has 1 atom stereocenters. The molecule has 0 fully saturated rings. The fourth-order valence-electron chi connectivity index (χ4n) is 2.50. The third-order valence-electron chi connectivity index (χ3n) is 3.65. The number of benzene rings is 2. The van der Waals surface area contributed by atoms with Crippen molar-refractivity contribution in [1.82, 2.24) is 5.32 Å². The van der Waals surface area contributed by atoms with Crippen molar-refractivity contribution in [3.63, 3.8) is 0 Å². The molecule has 0 aromatic heterocycles. The zero-order chi connectivity index (χ0) is 17.0. The highest BCUT2D eigenvalue weighted by Gasteiger charge is 2.10. The Hall–Kier alpha value is -1.78. The maximum absolute atomic E-state index is 6.12. The number of aryl methyl sites for hydroxylation is 2. The van der Waals surface area contributed by atoms with E-state index in [1.54, 1.807) is 19.2 Å². The molecule has 122 valence electrons. The van der Waals surface area contributed by atoms with Crippen LogP contribution in [0.25, 0.3) is 0 Å². The molecule has 3 nitrogen and oxygen atoms in total. The van der Waals surface area contributed by atoms with Gasteiger partial charge >= 0.3 is 0 Å². The van der Waals surface area contributed by atoms with Gasteiger partial charge in [-0.3, -0.25) is 0 Å². The molecule has 23 heavy (non-hydrogen) atoms. The molecule has 5 heteroatoms. The molecule has 0 heterocycles. The van der Waals surface area contributed by atoms with E-state index in [1.165, 1.54) is 16.7 Å². The minimum Gasteiger partial charge on any atom is -0.495 e. The molecule has 0 aliphatic carbocycles. The van der Waals surface area contributed by atoms with Gasteiger partial charge in [-0.15, -0.1) is 0 Å². The Morgan fingerprint density at radius 1 is 1.17 bits per heavy atom. The Morgan fingerprint density at radius 3 is 2.52 bits per heavy atom. The summed E-state index contributed by atoms with van der Waals surface area (Å²) < 4.78 is 5.14. The third kappa shape index (κ3) is 4.60. The molecular formula is C18H21ClN2OS. The van der Waals surface area contributed by atoms with Gasteiger partial charge < -0.3 is 15.4 Å². The second-order valence-corrected chi connectivity index (χ2v) is 6.34. The van der Waals surface area contributed by atoms with E-state index in [-0.39, 0.29) is 6.04 Å². The van der Waals surface area contributed by atoms with Gasteiger partial charge in [0, 0.05) is 5.69 Å². The van der Waals surface area contributed by atoms with Crippen LogP contribution in [-0.2, 0) is 0 Å². The number of nitrogens with one attached hydrogen (secondary N) is 2. The molecule has 2 N–H and O–H groups in total. The summed E-state index contributed by atoms with van der Waals surface area (Å²) in [5, 5.41) is 7.54. The van der Waals surface area contributed by atoms with E-state index in [1.807, 2.05) is 6.07 Å². The van der Waals surface area contributed by atoms with Crippen LogP contribution in [0.4, 0.5) is 5.69 Å². The van der Waals surface area contributed by atoms with Crippen molar-refractivity contribution in [2.24, 2.45) is 0 Å². The van der Waals surface area contributed by atoms with Crippen LogP contribution in [0, 0.1) is 13.8 Å². The Balaban J connectivity index is 2.02. The van der Waals surface area contributed by atoms with Gasteiger partial charge in [-0.05, 0) is 62.3 Å². The average Bonchev–Trinajstić information content (AvgIpc) is 2.47. The molecule has 0 aliphatic heterocycles. The lowest BCUT2D eigenvalue weighted by Gasteiger charge is -2.19. The number of thiocarbonyl (C=S) groups is 1. The average molecular weight is 349 g/mol. The molecule has 0 saturated carbocycles. The standard InChI is InChI=1S/C18H21ClN2OS/c1-11-5-7-15(12(2)9-11)13(3)20-18(23)21-14-6-8-17(22-4)16(19)10-14/h5-10,13H,1-4H3,(H2,20,21,23)/t13-/m0/s1. The van der Waals surface area contributed by atoms with Crippen LogP contribution in [0.3, 0.4) is 0 Å². The van der Waals surface area contributed by atoms with Crippen LogP contribution in [0.5, 0.6) is 5.75 Å². The Morgan fingerprint density at radius 2 is 1.91 bits per heavy atom. The largest absolute Gasteiger partial charge is 0.495 e. The van der Waals surface area contributed by atoms with Crippen LogP contribution in [0.1, 0.15) is 29.7 Å². The molecule has 0 amide bonds. The molecule has 0 saturated heterocycles. The van der Waals surface area contributed by atoms with Crippen molar-refractivity contribution in [1.29, 1.82) is 0 Å². The second-order valence-electron chi connectivity index (χ2n) is 5.53. The lowest BCUT2D eigenvalue weighted by molar-refractivity contribution is 0.415. The van der Waals surface area contributed by atoms with E-state index in [9.17, 15) is 0 Å². The summed E-state index contributed by atoms with van der Waals surface area (Å²) in [7, 11) is 1.59. The molecule has 0 aliphatic rings. The minimum atomic E-state index is 0.115. The van der Waals surface area contributed by atoms with E-state index in [4.69, 9.17) is 28.6 Å². The first kappa shape index (κ1) is 17.6. The Kier molecular flexibility index (Phi) is 5.85. The first-order valence-corrected chi connectivity index (χ1v) is 8.17. The molecule has 0 unspecified atom stereocenters. The van der Waals surface area contributed by atoms with Crippen LogP contribution in [0.15, 0.2) is 36.4 Å². The summed E-state index contributed by atoms with van der Waals surface area (Å²) in [6.07, 6.45) is 0. The molecular weight excluding hydrogens is 328 g/mol. The van der Waals surface area contributed by atoms with Gasteiger partial charge in [-0.1, -0.05) is 35.4 Å². The highest BCUT2D eigenvalue weighted by molar-refractivity contribution is 7.80. The first-order chi connectivity index (χ1) is 10.9. The fraction of sp³-hybridized carbons (Fsp3) is 0.278. The van der Waals surface area contributed by atoms with Crippen molar-refractivity contribution in [3.05, 3.63) is 58.1 Å². The summed E-state index contributed by atoms with van der Waals surface area (Å²) >= 11 is 11.5. The van der Waals surface area contributed by atoms with Crippen molar-refractivity contribution in [2.75, 3.05) is 12.4 Å². The van der Waals surface area contributed by atoms with Gasteiger partial charge in [-0.25, -0.2) is 0 Å². The summed E-state index contributed by atoms with van der Waals surface area (Å²) in [4.78, 5) is 0. The molecule has 2 aromatic rings. The van der Waals surface area contributed by atoms with Crippen LogP contribution >= 0.6 is 23.8 Å². The Labute approximate surface area is 148 Å². The number of methoxy groups -OCH3 is 1. The highest BCUT2D eigenvalue weighted by Crippen LogP contribution is 2.27. The summed E-state index contributed by atoms with van der Waals surface area (Å²) in [6.45, 7) is 6.29. The number of halogens is 1. The lowest BCUT2D eigenvalue weighted by atomic mass is 10.0. The van der Waals surface area contributed by atoms with Gasteiger partial charge in [0.2, 0.25) is 0 Å². The maximum atomic E-state index is 6.12. The number of hydrogen-bond acceptors (Lipinski definition) is 2. The van der Waals surface area contributed by atoms with Crippen molar-refractivity contribution >= 4 is 34.6 Å². The maximum Gasteiger partial charge on any atom is 0.171 e. The first-order valence-electron chi connectivity index (χ1n) is 7.39. The van der Waals surface area contributed by atoms with E-state index in [0.29, 0.717) is 15.9 Å². The molecule has 0 radical (unpaired) electrons. The van der Waals surface area contributed by atoms with Gasteiger partial charge in [0.25, 0.3) is 0 Å². The summed E-state index contributed by atoms with van der Waals surface area (Å²) in [6, 6.07) is 12.0. The van der Waals surface area contributed by atoms with Crippen molar-refractivity contribution in [3.8, 4) is 5.75 Å². The van der Waals surface area contributed by atoms with E-state index >= 15 is 0 Å². The van der Waals surface area contributed by atoms with Crippen molar-refractivity contribution < 1.29 is 4.74 Å². The topological polar surface area (TPSA) is 33.3 Å². The minimum absolute atomic E-state index is 0.115. The zero-order valence-electron chi connectivity index (χ0n) is 13.7. The van der Waals surface area contributed by atoms with Gasteiger partial charge in [0.05, 0.1) is 18.2 Å². The van der Waals surface area contributed by atoms with E-state index in [2.05, 4.69) is 49.6 Å². The van der Waals surface area contributed by atoms with E-state index < -0.39 is 0 Å². The number of anilines is 1. The smallest absolute Gasteiger partial charge is 0.171 e. The zero-order valence-corrected chi connectivity index (χ0v) is 15.3. The SMILES string of the molecule is COc1ccc(NC(=S)N[C@@H](C)c2ccc(C)cc2C)cc1Cl. The predicted molar refractivity (Wildman–Crippen MR) is 102 cm³/mol. The van der Waals surface area contributed by atoms with Gasteiger partial charge in [0.15, 0.2) is 5.11 Å².